The van der Waals surface area contributed by atoms with Gasteiger partial charge in [-0.15, -0.1) is 0 Å². The number of nitriles is 1. The molecule has 0 saturated heterocycles. The van der Waals surface area contributed by atoms with E-state index in [-0.39, 0.29) is 5.54 Å². The second-order valence-corrected chi connectivity index (χ2v) is 4.47. The third kappa shape index (κ3) is 2.25. The lowest BCUT2D eigenvalue weighted by Gasteiger charge is -2.36. The van der Waals surface area contributed by atoms with Crippen LogP contribution in [0.2, 0.25) is 0 Å². The molecule has 0 saturated carbocycles. The van der Waals surface area contributed by atoms with E-state index in [4.69, 9.17) is 11.0 Å². The van der Waals surface area contributed by atoms with Crippen LogP contribution < -0.4 is 10.6 Å². The Morgan fingerprint density at radius 1 is 1.56 bits per heavy atom. The number of anilines is 2. The first kappa shape index (κ1) is 12.3. The highest BCUT2D eigenvalue weighted by Crippen LogP contribution is 2.27. The topological polar surface area (TPSA) is 65.9 Å². The molecule has 0 aliphatic rings. The maximum absolute atomic E-state index is 8.74. The summed E-state index contributed by atoms with van der Waals surface area (Å²) in [6.07, 6.45) is 2.54. The van der Waals surface area contributed by atoms with E-state index < -0.39 is 0 Å². The van der Waals surface area contributed by atoms with Crippen molar-refractivity contribution in [2.75, 3.05) is 17.7 Å². The Morgan fingerprint density at radius 3 is 2.62 bits per heavy atom. The standard InChI is InChI=1S/C12H18N4/c1-5-12(2,3)16(4)11-10(14)6-9(7-13)8-15-11/h6,8H,5,14H2,1-4H3. The number of hydrogen-bond acceptors (Lipinski definition) is 4. The van der Waals surface area contributed by atoms with Crippen molar-refractivity contribution in [3.8, 4) is 6.07 Å². The average molecular weight is 218 g/mol. The molecule has 4 nitrogen and oxygen atoms in total. The lowest BCUT2D eigenvalue weighted by atomic mass is 10.00. The van der Waals surface area contributed by atoms with Crippen molar-refractivity contribution < 1.29 is 0 Å². The first-order valence-electron chi connectivity index (χ1n) is 5.32. The summed E-state index contributed by atoms with van der Waals surface area (Å²) in [7, 11) is 1.97. The van der Waals surface area contributed by atoms with Gasteiger partial charge in [0.05, 0.1) is 11.3 Å². The minimum absolute atomic E-state index is 0.00468. The molecule has 1 rings (SSSR count). The molecule has 0 spiro atoms. The predicted octanol–water partition coefficient (Wildman–Crippen LogP) is 2.16. The van der Waals surface area contributed by atoms with Crippen LogP contribution in [0, 0.1) is 11.3 Å². The van der Waals surface area contributed by atoms with Crippen LogP contribution in [0.3, 0.4) is 0 Å². The minimum Gasteiger partial charge on any atom is -0.396 e. The number of nitrogens with two attached hydrogens (primary N) is 1. The minimum atomic E-state index is -0.00468. The average Bonchev–Trinajstić information content (AvgIpc) is 2.28. The number of hydrogen-bond donors (Lipinski definition) is 1. The Balaban J connectivity index is 3.11. The van der Waals surface area contributed by atoms with Gasteiger partial charge in [0.2, 0.25) is 0 Å². The van der Waals surface area contributed by atoms with E-state index in [0.717, 1.165) is 12.2 Å². The van der Waals surface area contributed by atoms with Crippen molar-refractivity contribution in [1.29, 1.82) is 5.26 Å². The molecule has 1 aromatic rings. The third-order valence-electron chi connectivity index (χ3n) is 3.12. The van der Waals surface area contributed by atoms with Gasteiger partial charge in [0.1, 0.15) is 6.07 Å². The zero-order valence-electron chi connectivity index (χ0n) is 10.3. The van der Waals surface area contributed by atoms with E-state index in [9.17, 15) is 0 Å². The van der Waals surface area contributed by atoms with Crippen LogP contribution in [0.4, 0.5) is 11.5 Å². The molecule has 4 heteroatoms. The van der Waals surface area contributed by atoms with Crippen LogP contribution in [-0.4, -0.2) is 17.6 Å². The molecule has 0 aromatic carbocycles. The summed E-state index contributed by atoms with van der Waals surface area (Å²) in [5.41, 5.74) is 6.92. The summed E-state index contributed by atoms with van der Waals surface area (Å²) >= 11 is 0. The Kier molecular flexibility index (Phi) is 3.38. The van der Waals surface area contributed by atoms with Gasteiger partial charge in [-0.25, -0.2) is 4.98 Å². The molecular formula is C12H18N4. The molecule has 1 heterocycles. The predicted molar refractivity (Wildman–Crippen MR) is 66.1 cm³/mol. The molecular weight excluding hydrogens is 200 g/mol. The number of pyridine rings is 1. The van der Waals surface area contributed by atoms with Gasteiger partial charge in [-0.1, -0.05) is 6.92 Å². The van der Waals surface area contributed by atoms with Crippen LogP contribution in [0.1, 0.15) is 32.8 Å². The van der Waals surface area contributed by atoms with E-state index in [1.54, 1.807) is 12.3 Å². The summed E-state index contributed by atoms with van der Waals surface area (Å²) in [6, 6.07) is 3.68. The van der Waals surface area contributed by atoms with E-state index in [0.29, 0.717) is 11.3 Å². The van der Waals surface area contributed by atoms with Crippen LogP contribution in [0.5, 0.6) is 0 Å². The zero-order valence-corrected chi connectivity index (χ0v) is 10.3. The Bertz CT molecular complexity index is 418. The molecule has 0 bridgehead atoms. The van der Waals surface area contributed by atoms with Gasteiger partial charge in [0.25, 0.3) is 0 Å². The summed E-state index contributed by atoms with van der Waals surface area (Å²) in [4.78, 5) is 6.29. The molecule has 0 atom stereocenters. The van der Waals surface area contributed by atoms with Crippen molar-refractivity contribution in [2.24, 2.45) is 0 Å². The first-order chi connectivity index (χ1) is 7.42. The molecule has 0 unspecified atom stereocenters. The van der Waals surface area contributed by atoms with Crippen LogP contribution in [-0.2, 0) is 0 Å². The summed E-state index contributed by atoms with van der Waals surface area (Å²) in [6.45, 7) is 6.38. The third-order valence-corrected chi connectivity index (χ3v) is 3.12. The zero-order chi connectivity index (χ0) is 12.3. The van der Waals surface area contributed by atoms with Crippen LogP contribution in [0.15, 0.2) is 12.3 Å². The molecule has 0 radical (unpaired) electrons. The second kappa shape index (κ2) is 4.40. The lowest BCUT2D eigenvalue weighted by molar-refractivity contribution is 0.468. The van der Waals surface area contributed by atoms with Gasteiger partial charge in [-0.2, -0.15) is 5.26 Å². The molecule has 86 valence electrons. The maximum atomic E-state index is 8.74. The number of nitrogens with zero attached hydrogens (tertiary/aromatic N) is 3. The number of rotatable bonds is 3. The van der Waals surface area contributed by atoms with Crippen molar-refractivity contribution in [2.45, 2.75) is 32.7 Å². The molecule has 0 amide bonds. The highest BCUT2D eigenvalue weighted by atomic mass is 15.2. The molecule has 1 aromatic heterocycles. The Hall–Kier alpha value is -1.76. The van der Waals surface area contributed by atoms with Gasteiger partial charge in [0, 0.05) is 18.8 Å². The maximum Gasteiger partial charge on any atom is 0.152 e. The van der Waals surface area contributed by atoms with E-state index in [1.807, 2.05) is 18.0 Å². The SMILES string of the molecule is CCC(C)(C)N(C)c1ncc(C#N)cc1N. The fourth-order valence-corrected chi connectivity index (χ4v) is 1.34. The smallest absolute Gasteiger partial charge is 0.152 e. The van der Waals surface area contributed by atoms with Gasteiger partial charge in [-0.3, -0.25) is 0 Å². The molecule has 16 heavy (non-hydrogen) atoms. The van der Waals surface area contributed by atoms with Gasteiger partial charge in [0.15, 0.2) is 5.82 Å². The summed E-state index contributed by atoms with van der Waals surface area (Å²) < 4.78 is 0. The highest BCUT2D eigenvalue weighted by Gasteiger charge is 2.23. The van der Waals surface area contributed by atoms with Crippen molar-refractivity contribution in [3.63, 3.8) is 0 Å². The van der Waals surface area contributed by atoms with Gasteiger partial charge >= 0.3 is 0 Å². The normalized spacial score (nSPS) is 10.9. The highest BCUT2D eigenvalue weighted by molar-refractivity contribution is 5.65. The Labute approximate surface area is 96.7 Å². The number of aromatic nitrogens is 1. The van der Waals surface area contributed by atoms with Crippen LogP contribution in [0.25, 0.3) is 0 Å². The fourth-order valence-electron chi connectivity index (χ4n) is 1.34. The van der Waals surface area contributed by atoms with Crippen molar-refractivity contribution in [1.82, 2.24) is 4.98 Å². The summed E-state index contributed by atoms with van der Waals surface area (Å²) in [5.74, 6) is 0.728. The van der Waals surface area contributed by atoms with Crippen LogP contribution >= 0.6 is 0 Å². The fraction of sp³-hybridized carbons (Fsp3) is 0.500. The largest absolute Gasteiger partial charge is 0.396 e. The molecule has 0 aliphatic heterocycles. The van der Waals surface area contributed by atoms with Crippen molar-refractivity contribution in [3.05, 3.63) is 17.8 Å². The van der Waals surface area contributed by atoms with Gasteiger partial charge in [-0.05, 0) is 26.3 Å². The van der Waals surface area contributed by atoms with Gasteiger partial charge < -0.3 is 10.6 Å². The quantitative estimate of drug-likeness (QED) is 0.844. The number of nitrogen functional groups attached to an aromatic ring is 1. The Morgan fingerprint density at radius 2 is 2.19 bits per heavy atom. The molecule has 0 aliphatic carbocycles. The monoisotopic (exact) mass is 218 g/mol. The summed E-state index contributed by atoms with van der Waals surface area (Å²) in [5, 5.41) is 8.74. The van der Waals surface area contributed by atoms with E-state index in [1.165, 1.54) is 0 Å². The van der Waals surface area contributed by atoms with E-state index >= 15 is 0 Å². The first-order valence-corrected chi connectivity index (χ1v) is 5.32. The molecule has 0 fully saturated rings. The van der Waals surface area contributed by atoms with E-state index in [2.05, 4.69) is 25.8 Å². The second-order valence-electron chi connectivity index (χ2n) is 4.47. The lowest BCUT2D eigenvalue weighted by Crippen LogP contribution is -2.41. The van der Waals surface area contributed by atoms with Crippen molar-refractivity contribution >= 4 is 11.5 Å². The molecule has 2 N–H and O–H groups in total.